The molecule has 7 nitrogen and oxygen atoms in total. The highest BCUT2D eigenvalue weighted by atomic mass is 79.9. The van der Waals surface area contributed by atoms with E-state index in [9.17, 15) is 14.4 Å². The Balaban J connectivity index is 1.80. The zero-order valence-corrected chi connectivity index (χ0v) is 15.3. The molecule has 132 valence electrons. The largest absolute Gasteiger partial charge is 0.465 e. The molecule has 0 spiro atoms. The fourth-order valence-corrected chi connectivity index (χ4v) is 2.80. The molecule has 0 fully saturated rings. The first kappa shape index (κ1) is 17.8. The summed E-state index contributed by atoms with van der Waals surface area (Å²) < 4.78 is 6.63. The van der Waals surface area contributed by atoms with E-state index in [1.807, 2.05) is 0 Å². The van der Waals surface area contributed by atoms with Crippen molar-refractivity contribution in [1.82, 2.24) is 9.55 Å². The van der Waals surface area contributed by atoms with Gasteiger partial charge in [-0.3, -0.25) is 14.2 Å². The van der Waals surface area contributed by atoms with E-state index < -0.39 is 11.9 Å². The second-order valence-electron chi connectivity index (χ2n) is 5.46. The van der Waals surface area contributed by atoms with Crippen LogP contribution in [0.1, 0.15) is 10.4 Å². The van der Waals surface area contributed by atoms with Crippen molar-refractivity contribution in [1.29, 1.82) is 0 Å². The molecule has 3 rings (SSSR count). The summed E-state index contributed by atoms with van der Waals surface area (Å²) in [6.45, 7) is -0.198. The second-order valence-corrected chi connectivity index (χ2v) is 6.38. The van der Waals surface area contributed by atoms with Gasteiger partial charge in [-0.15, -0.1) is 0 Å². The van der Waals surface area contributed by atoms with Gasteiger partial charge in [0.15, 0.2) is 0 Å². The van der Waals surface area contributed by atoms with Crippen molar-refractivity contribution in [3.63, 3.8) is 0 Å². The number of fused-ring (bicyclic) bond motifs is 1. The van der Waals surface area contributed by atoms with Crippen molar-refractivity contribution in [2.75, 3.05) is 12.4 Å². The second kappa shape index (κ2) is 7.49. The van der Waals surface area contributed by atoms with Gasteiger partial charge in [0.2, 0.25) is 5.91 Å². The molecule has 0 aliphatic rings. The van der Waals surface area contributed by atoms with Crippen molar-refractivity contribution in [3.8, 4) is 0 Å². The standard InChI is InChI=1S/C18H14BrN3O4/c1-26-18(25)11-3-2-4-13(7-11)21-16(23)9-22-10-20-15-6-5-12(19)8-14(15)17(22)24/h2-8,10H,9H2,1H3,(H,21,23). The molecule has 1 heterocycles. The summed E-state index contributed by atoms with van der Waals surface area (Å²) in [5.74, 6) is -0.910. The molecule has 0 aliphatic heterocycles. The third-order valence-electron chi connectivity index (χ3n) is 3.67. The fraction of sp³-hybridized carbons (Fsp3) is 0.111. The van der Waals surface area contributed by atoms with Crippen LogP contribution >= 0.6 is 15.9 Å². The SMILES string of the molecule is COC(=O)c1cccc(NC(=O)Cn2cnc3ccc(Br)cc3c2=O)c1. The van der Waals surface area contributed by atoms with Crippen LogP contribution in [0.15, 0.2) is 58.1 Å². The summed E-state index contributed by atoms with van der Waals surface area (Å²) in [7, 11) is 1.28. The number of hydrogen-bond donors (Lipinski definition) is 1. The summed E-state index contributed by atoms with van der Waals surface area (Å²) in [5.41, 5.74) is 0.998. The van der Waals surface area contributed by atoms with E-state index in [-0.39, 0.29) is 12.1 Å². The molecule has 8 heteroatoms. The number of amides is 1. The number of nitrogens with zero attached hydrogens (tertiary/aromatic N) is 2. The molecule has 0 saturated carbocycles. The summed E-state index contributed by atoms with van der Waals surface area (Å²) in [6, 6.07) is 11.5. The van der Waals surface area contributed by atoms with Gasteiger partial charge in [-0.05, 0) is 36.4 Å². The van der Waals surface area contributed by atoms with E-state index in [4.69, 9.17) is 0 Å². The molecule has 2 aromatic carbocycles. The van der Waals surface area contributed by atoms with E-state index in [2.05, 4.69) is 31.0 Å². The number of ether oxygens (including phenoxy) is 1. The third-order valence-corrected chi connectivity index (χ3v) is 4.16. The number of benzene rings is 2. The zero-order chi connectivity index (χ0) is 18.7. The molecule has 0 atom stereocenters. The van der Waals surface area contributed by atoms with E-state index in [1.54, 1.807) is 36.4 Å². The Morgan fingerprint density at radius 1 is 1.23 bits per heavy atom. The number of carbonyl (C=O) groups excluding carboxylic acids is 2. The molecule has 1 amide bonds. The number of rotatable bonds is 4. The highest BCUT2D eigenvalue weighted by molar-refractivity contribution is 9.10. The molecule has 0 radical (unpaired) electrons. The maximum atomic E-state index is 12.5. The van der Waals surface area contributed by atoms with Crippen molar-refractivity contribution < 1.29 is 14.3 Å². The highest BCUT2D eigenvalue weighted by Gasteiger charge is 2.11. The number of methoxy groups -OCH3 is 1. The number of aromatic nitrogens is 2. The summed E-state index contributed by atoms with van der Waals surface area (Å²) in [6.07, 6.45) is 1.34. The van der Waals surface area contributed by atoms with Gasteiger partial charge in [0.1, 0.15) is 6.54 Å². The van der Waals surface area contributed by atoms with E-state index >= 15 is 0 Å². The maximum Gasteiger partial charge on any atom is 0.337 e. The van der Waals surface area contributed by atoms with Crippen LogP contribution in [0.25, 0.3) is 10.9 Å². The molecule has 0 unspecified atom stereocenters. The van der Waals surface area contributed by atoms with Crippen LogP contribution in [-0.2, 0) is 16.1 Å². The van der Waals surface area contributed by atoms with Crippen LogP contribution in [0.5, 0.6) is 0 Å². The summed E-state index contributed by atoms with van der Waals surface area (Å²) in [5, 5.41) is 3.07. The first-order chi connectivity index (χ1) is 12.5. The monoisotopic (exact) mass is 415 g/mol. The number of carbonyl (C=O) groups is 2. The summed E-state index contributed by atoms with van der Waals surface area (Å²) >= 11 is 3.32. The number of esters is 1. The normalized spacial score (nSPS) is 10.5. The average Bonchev–Trinajstić information content (AvgIpc) is 2.64. The number of nitrogens with one attached hydrogen (secondary N) is 1. The maximum absolute atomic E-state index is 12.5. The lowest BCUT2D eigenvalue weighted by atomic mass is 10.2. The van der Waals surface area contributed by atoms with Crippen LogP contribution in [-0.4, -0.2) is 28.5 Å². The summed E-state index contributed by atoms with van der Waals surface area (Å²) in [4.78, 5) is 40.5. The minimum Gasteiger partial charge on any atom is -0.465 e. The van der Waals surface area contributed by atoms with E-state index in [0.29, 0.717) is 22.2 Å². The Bertz CT molecular complexity index is 1060. The molecule has 26 heavy (non-hydrogen) atoms. The number of hydrogen-bond acceptors (Lipinski definition) is 5. The van der Waals surface area contributed by atoms with Crippen LogP contribution in [0, 0.1) is 0 Å². The average molecular weight is 416 g/mol. The van der Waals surface area contributed by atoms with Crippen molar-refractivity contribution in [2.24, 2.45) is 0 Å². The van der Waals surface area contributed by atoms with Gasteiger partial charge in [-0.2, -0.15) is 0 Å². The van der Waals surface area contributed by atoms with Gasteiger partial charge < -0.3 is 10.1 Å². The minimum atomic E-state index is -0.498. The Morgan fingerprint density at radius 2 is 2.04 bits per heavy atom. The molecule has 3 aromatic rings. The molecular formula is C18H14BrN3O4. The predicted molar refractivity (Wildman–Crippen MR) is 100 cm³/mol. The topological polar surface area (TPSA) is 90.3 Å². The predicted octanol–water partition coefficient (Wildman–Crippen LogP) is 2.58. The molecule has 0 aliphatic carbocycles. The van der Waals surface area contributed by atoms with Gasteiger partial charge in [-0.1, -0.05) is 22.0 Å². The fourth-order valence-electron chi connectivity index (χ4n) is 2.44. The molecule has 1 N–H and O–H groups in total. The van der Waals surface area contributed by atoms with Gasteiger partial charge in [0, 0.05) is 10.2 Å². The van der Waals surface area contributed by atoms with Gasteiger partial charge in [0.05, 0.1) is 29.9 Å². The van der Waals surface area contributed by atoms with Crippen LogP contribution in [0.2, 0.25) is 0 Å². The number of halogens is 1. The van der Waals surface area contributed by atoms with Crippen LogP contribution < -0.4 is 10.9 Å². The molecule has 1 aromatic heterocycles. The lowest BCUT2D eigenvalue weighted by Crippen LogP contribution is -2.28. The molecular weight excluding hydrogens is 402 g/mol. The van der Waals surface area contributed by atoms with E-state index in [1.165, 1.54) is 24.1 Å². The first-order valence-electron chi connectivity index (χ1n) is 7.61. The lowest BCUT2D eigenvalue weighted by molar-refractivity contribution is -0.116. The number of anilines is 1. The van der Waals surface area contributed by atoms with Crippen LogP contribution in [0.3, 0.4) is 0 Å². The van der Waals surface area contributed by atoms with Crippen molar-refractivity contribution >= 4 is 44.4 Å². The van der Waals surface area contributed by atoms with Gasteiger partial charge >= 0.3 is 5.97 Å². The smallest absolute Gasteiger partial charge is 0.337 e. The Kier molecular flexibility index (Phi) is 5.13. The Labute approximate surface area is 156 Å². The Morgan fingerprint density at radius 3 is 2.81 bits per heavy atom. The quantitative estimate of drug-likeness (QED) is 0.661. The van der Waals surface area contributed by atoms with Gasteiger partial charge in [-0.25, -0.2) is 9.78 Å². The van der Waals surface area contributed by atoms with E-state index in [0.717, 1.165) is 4.47 Å². The molecule has 0 saturated heterocycles. The minimum absolute atomic E-state index is 0.198. The lowest BCUT2D eigenvalue weighted by Gasteiger charge is -2.09. The molecule has 0 bridgehead atoms. The highest BCUT2D eigenvalue weighted by Crippen LogP contribution is 2.15. The Hall–Kier alpha value is -3.00. The van der Waals surface area contributed by atoms with Crippen molar-refractivity contribution in [3.05, 3.63) is 69.2 Å². The third kappa shape index (κ3) is 3.80. The zero-order valence-electron chi connectivity index (χ0n) is 13.7. The van der Waals surface area contributed by atoms with Crippen LogP contribution in [0.4, 0.5) is 5.69 Å². The van der Waals surface area contributed by atoms with Gasteiger partial charge in [0.25, 0.3) is 5.56 Å². The first-order valence-corrected chi connectivity index (χ1v) is 8.40. The van der Waals surface area contributed by atoms with Crippen molar-refractivity contribution in [2.45, 2.75) is 6.54 Å².